The van der Waals surface area contributed by atoms with Gasteiger partial charge in [0.1, 0.15) is 0 Å². The van der Waals surface area contributed by atoms with E-state index in [0.717, 1.165) is 0 Å². The van der Waals surface area contributed by atoms with Crippen LogP contribution in [0.4, 0.5) is 4.79 Å². The van der Waals surface area contributed by atoms with E-state index in [4.69, 9.17) is 4.74 Å². The molecule has 0 aromatic heterocycles. The van der Waals surface area contributed by atoms with E-state index >= 15 is 0 Å². The molecule has 0 heterocycles. The highest BCUT2D eigenvalue weighted by atomic mass is 16.5. The van der Waals surface area contributed by atoms with Gasteiger partial charge in [0.2, 0.25) is 0 Å². The summed E-state index contributed by atoms with van der Waals surface area (Å²) in [7, 11) is 1.48. The molecule has 92 valence electrons. The quantitative estimate of drug-likeness (QED) is 0.676. The van der Waals surface area contributed by atoms with Crippen molar-refractivity contribution in [3.05, 3.63) is 36.4 Å². The maximum Gasteiger partial charge on any atom is 0.315 e. The van der Waals surface area contributed by atoms with Crippen molar-refractivity contribution >= 4 is 6.03 Å². The van der Waals surface area contributed by atoms with Crippen molar-refractivity contribution in [2.45, 2.75) is 6.54 Å². The minimum atomic E-state index is -0.313. The summed E-state index contributed by atoms with van der Waals surface area (Å²) in [4.78, 5) is 11.3. The molecule has 0 fully saturated rings. The van der Waals surface area contributed by atoms with Crippen molar-refractivity contribution in [2.75, 3.05) is 13.7 Å². The molecule has 1 rings (SSSR count). The van der Waals surface area contributed by atoms with Crippen LogP contribution in [-0.4, -0.2) is 24.8 Å². The molecule has 0 atom stereocenters. The molecule has 17 heavy (non-hydrogen) atoms. The average molecular weight is 236 g/mol. The largest absolute Gasteiger partial charge is 0.504 e. The lowest BCUT2D eigenvalue weighted by atomic mass is 10.2. The first kappa shape index (κ1) is 12.9. The van der Waals surface area contributed by atoms with Crippen LogP contribution in [0.3, 0.4) is 0 Å². The Morgan fingerprint density at radius 3 is 2.94 bits per heavy atom. The standard InChI is InChI=1S/C12H16N2O3/c1-3-7-13-12(16)14-8-9-5-4-6-10(17-2)11(9)15/h3-6,15H,1,7-8H2,2H3,(H2,13,14,16). The minimum Gasteiger partial charge on any atom is -0.504 e. The first-order valence-corrected chi connectivity index (χ1v) is 5.16. The minimum absolute atomic E-state index is 0.0408. The number of carbonyl (C=O) groups excluding carboxylic acids is 1. The highest BCUT2D eigenvalue weighted by Gasteiger charge is 2.07. The number of hydrogen-bond donors (Lipinski definition) is 3. The summed E-state index contributed by atoms with van der Waals surface area (Å²) >= 11 is 0. The highest BCUT2D eigenvalue weighted by Crippen LogP contribution is 2.28. The second kappa shape index (κ2) is 6.42. The van der Waals surface area contributed by atoms with Gasteiger partial charge in [-0.15, -0.1) is 6.58 Å². The van der Waals surface area contributed by atoms with E-state index in [0.29, 0.717) is 17.9 Å². The van der Waals surface area contributed by atoms with Crippen LogP contribution in [0.1, 0.15) is 5.56 Å². The number of rotatable bonds is 5. The van der Waals surface area contributed by atoms with E-state index in [9.17, 15) is 9.90 Å². The van der Waals surface area contributed by atoms with Crippen molar-refractivity contribution in [1.82, 2.24) is 10.6 Å². The Morgan fingerprint density at radius 1 is 1.53 bits per heavy atom. The van der Waals surface area contributed by atoms with Crippen LogP contribution in [0.5, 0.6) is 11.5 Å². The van der Waals surface area contributed by atoms with Crippen LogP contribution in [0.25, 0.3) is 0 Å². The number of urea groups is 1. The Hall–Kier alpha value is -2.17. The van der Waals surface area contributed by atoms with E-state index in [1.165, 1.54) is 7.11 Å². The van der Waals surface area contributed by atoms with Crippen molar-refractivity contribution in [3.8, 4) is 11.5 Å². The van der Waals surface area contributed by atoms with Crippen LogP contribution in [-0.2, 0) is 6.54 Å². The molecule has 5 nitrogen and oxygen atoms in total. The number of para-hydroxylation sites is 1. The van der Waals surface area contributed by atoms with E-state index in [1.54, 1.807) is 24.3 Å². The van der Waals surface area contributed by atoms with Crippen molar-refractivity contribution in [2.24, 2.45) is 0 Å². The molecule has 1 aromatic carbocycles. The molecule has 0 bridgehead atoms. The lowest BCUT2D eigenvalue weighted by Gasteiger charge is -2.10. The van der Waals surface area contributed by atoms with Gasteiger partial charge in [0.25, 0.3) is 0 Å². The van der Waals surface area contributed by atoms with Crippen LogP contribution in [0.2, 0.25) is 0 Å². The maximum absolute atomic E-state index is 11.3. The van der Waals surface area contributed by atoms with Gasteiger partial charge in [-0.25, -0.2) is 4.79 Å². The molecule has 0 aliphatic rings. The maximum atomic E-state index is 11.3. The summed E-state index contributed by atoms with van der Waals surface area (Å²) in [6.07, 6.45) is 1.59. The van der Waals surface area contributed by atoms with E-state index < -0.39 is 0 Å². The molecule has 0 saturated carbocycles. The Labute approximate surface area is 100 Å². The fourth-order valence-corrected chi connectivity index (χ4v) is 1.28. The van der Waals surface area contributed by atoms with Gasteiger partial charge in [0.05, 0.1) is 7.11 Å². The van der Waals surface area contributed by atoms with Gasteiger partial charge >= 0.3 is 6.03 Å². The monoisotopic (exact) mass is 236 g/mol. The van der Waals surface area contributed by atoms with E-state index in [-0.39, 0.29) is 18.3 Å². The van der Waals surface area contributed by atoms with Crippen LogP contribution in [0.15, 0.2) is 30.9 Å². The highest BCUT2D eigenvalue weighted by molar-refractivity contribution is 5.74. The van der Waals surface area contributed by atoms with Crippen molar-refractivity contribution in [3.63, 3.8) is 0 Å². The Morgan fingerprint density at radius 2 is 2.29 bits per heavy atom. The molecule has 0 aliphatic carbocycles. The molecule has 0 spiro atoms. The number of nitrogens with one attached hydrogen (secondary N) is 2. The first-order chi connectivity index (χ1) is 8.19. The second-order valence-electron chi connectivity index (χ2n) is 3.32. The summed E-state index contributed by atoms with van der Waals surface area (Å²) in [5.41, 5.74) is 0.595. The van der Waals surface area contributed by atoms with Gasteiger partial charge in [0.15, 0.2) is 11.5 Å². The molecular weight excluding hydrogens is 220 g/mol. The number of phenols is 1. The van der Waals surface area contributed by atoms with E-state index in [1.807, 2.05) is 0 Å². The predicted octanol–water partition coefficient (Wildman–Crippen LogP) is 1.39. The number of benzene rings is 1. The number of methoxy groups -OCH3 is 1. The zero-order valence-corrected chi connectivity index (χ0v) is 9.69. The lowest BCUT2D eigenvalue weighted by Crippen LogP contribution is -2.34. The molecule has 0 saturated heterocycles. The summed E-state index contributed by atoms with van der Waals surface area (Å²) in [5, 5.41) is 14.9. The van der Waals surface area contributed by atoms with Crippen LogP contribution < -0.4 is 15.4 Å². The van der Waals surface area contributed by atoms with Crippen molar-refractivity contribution < 1.29 is 14.6 Å². The topological polar surface area (TPSA) is 70.6 Å². The predicted molar refractivity (Wildman–Crippen MR) is 65.1 cm³/mol. The third kappa shape index (κ3) is 3.71. The van der Waals surface area contributed by atoms with Gasteiger partial charge in [-0.1, -0.05) is 18.2 Å². The molecule has 2 amide bonds. The zero-order chi connectivity index (χ0) is 12.7. The Balaban J connectivity index is 2.57. The second-order valence-corrected chi connectivity index (χ2v) is 3.32. The number of phenolic OH excluding ortho intramolecular Hbond substituents is 1. The van der Waals surface area contributed by atoms with E-state index in [2.05, 4.69) is 17.2 Å². The molecule has 5 heteroatoms. The average Bonchev–Trinajstić information content (AvgIpc) is 2.35. The number of carbonyl (C=O) groups is 1. The first-order valence-electron chi connectivity index (χ1n) is 5.16. The number of ether oxygens (including phenoxy) is 1. The smallest absolute Gasteiger partial charge is 0.315 e. The fourth-order valence-electron chi connectivity index (χ4n) is 1.28. The van der Waals surface area contributed by atoms with Gasteiger partial charge in [0, 0.05) is 18.7 Å². The van der Waals surface area contributed by atoms with Crippen LogP contribution in [0, 0.1) is 0 Å². The molecule has 1 aromatic rings. The number of aromatic hydroxyl groups is 1. The fraction of sp³-hybridized carbons (Fsp3) is 0.250. The summed E-state index contributed by atoms with van der Waals surface area (Å²) in [6.45, 7) is 4.12. The molecule has 3 N–H and O–H groups in total. The normalized spacial score (nSPS) is 9.47. The molecule has 0 radical (unpaired) electrons. The summed E-state index contributed by atoms with van der Waals surface area (Å²) < 4.78 is 4.97. The number of hydrogen-bond acceptors (Lipinski definition) is 3. The van der Waals surface area contributed by atoms with Gasteiger partial charge in [-0.05, 0) is 6.07 Å². The van der Waals surface area contributed by atoms with Crippen LogP contribution >= 0.6 is 0 Å². The zero-order valence-electron chi connectivity index (χ0n) is 9.69. The number of amides is 2. The molecular formula is C12H16N2O3. The lowest BCUT2D eigenvalue weighted by molar-refractivity contribution is 0.241. The van der Waals surface area contributed by atoms with Gasteiger partial charge in [-0.2, -0.15) is 0 Å². The van der Waals surface area contributed by atoms with Crippen molar-refractivity contribution in [1.29, 1.82) is 0 Å². The van der Waals surface area contributed by atoms with Gasteiger partial charge < -0.3 is 20.5 Å². The Bertz CT molecular complexity index is 405. The molecule has 0 aliphatic heterocycles. The Kier molecular flexibility index (Phi) is 4.87. The summed E-state index contributed by atoms with van der Waals surface area (Å²) in [5.74, 6) is 0.426. The third-order valence-corrected chi connectivity index (χ3v) is 2.15. The SMILES string of the molecule is C=CCNC(=O)NCc1cccc(OC)c1O. The molecule has 0 unspecified atom stereocenters. The van der Waals surface area contributed by atoms with Gasteiger partial charge in [-0.3, -0.25) is 0 Å². The third-order valence-electron chi connectivity index (χ3n) is 2.15. The summed E-state index contributed by atoms with van der Waals surface area (Å²) in [6, 6.07) is 4.80.